The Bertz CT molecular complexity index is 999. The van der Waals surface area contributed by atoms with Crippen molar-refractivity contribution in [2.45, 2.75) is 25.7 Å². The van der Waals surface area contributed by atoms with E-state index in [1.165, 1.54) is 22.1 Å². The first-order valence-corrected chi connectivity index (χ1v) is 10.5. The number of nitrogens with one attached hydrogen (secondary N) is 2. The Balaban J connectivity index is 1.72. The summed E-state index contributed by atoms with van der Waals surface area (Å²) in [7, 11) is 1.69. The van der Waals surface area contributed by atoms with Gasteiger partial charge in [0.25, 0.3) is 0 Å². The molecule has 0 fully saturated rings. The van der Waals surface area contributed by atoms with Gasteiger partial charge in [0, 0.05) is 38.1 Å². The number of halogens is 3. The van der Waals surface area contributed by atoms with Crippen LogP contribution in [0.25, 0.3) is 0 Å². The van der Waals surface area contributed by atoms with Gasteiger partial charge in [0.2, 0.25) is 5.91 Å². The number of fused-ring (bicyclic) bond motifs is 1. The molecule has 0 bridgehead atoms. The quantitative estimate of drug-likeness (QED) is 0.555. The molecule has 0 spiro atoms. The number of nitrogens with zero attached hydrogens (tertiary/aromatic N) is 3. The third-order valence-electron chi connectivity index (χ3n) is 5.49. The summed E-state index contributed by atoms with van der Waals surface area (Å²) in [5.74, 6) is -0.371. The minimum absolute atomic E-state index is 0.114. The number of benzene rings is 1. The highest BCUT2D eigenvalue weighted by atomic mass is 19.4. The van der Waals surface area contributed by atoms with E-state index >= 15 is 0 Å². The molecule has 0 atom stereocenters. The molecule has 0 aliphatic carbocycles. The van der Waals surface area contributed by atoms with E-state index in [4.69, 9.17) is 0 Å². The van der Waals surface area contributed by atoms with Crippen LogP contribution in [0.2, 0.25) is 0 Å². The predicted octanol–water partition coefficient (Wildman–Crippen LogP) is 2.80. The van der Waals surface area contributed by atoms with Gasteiger partial charge < -0.3 is 25.5 Å². The molecule has 1 aromatic carbocycles. The predicted molar refractivity (Wildman–Crippen MR) is 116 cm³/mol. The minimum atomic E-state index is -4.56. The van der Waals surface area contributed by atoms with Gasteiger partial charge in [-0.25, -0.2) is 4.79 Å². The molecule has 33 heavy (non-hydrogen) atoms. The Hall–Kier alpha value is -3.34. The Morgan fingerprint density at radius 3 is 2.73 bits per heavy atom. The van der Waals surface area contributed by atoms with Crippen molar-refractivity contribution in [3.8, 4) is 0 Å². The summed E-state index contributed by atoms with van der Waals surface area (Å²) in [5.41, 5.74) is 1.44. The number of carboxylic acid groups (broad SMARTS) is 1. The zero-order valence-corrected chi connectivity index (χ0v) is 18.2. The molecule has 0 saturated carbocycles. The highest BCUT2D eigenvalue weighted by molar-refractivity contribution is 5.81. The molecule has 2 amide bonds. The van der Waals surface area contributed by atoms with Crippen molar-refractivity contribution < 1.29 is 27.9 Å². The Labute approximate surface area is 189 Å². The zero-order chi connectivity index (χ0) is 24.0. The van der Waals surface area contributed by atoms with Crippen LogP contribution < -0.4 is 10.6 Å². The molecule has 1 aliphatic heterocycles. The van der Waals surface area contributed by atoms with E-state index in [-0.39, 0.29) is 37.8 Å². The topological polar surface area (TPSA) is 97.8 Å². The van der Waals surface area contributed by atoms with Gasteiger partial charge in [0.15, 0.2) is 0 Å². The van der Waals surface area contributed by atoms with Gasteiger partial charge in [-0.3, -0.25) is 9.78 Å². The lowest BCUT2D eigenvalue weighted by Crippen LogP contribution is -2.40. The van der Waals surface area contributed by atoms with Crippen LogP contribution in [0.5, 0.6) is 0 Å². The summed E-state index contributed by atoms with van der Waals surface area (Å²) in [6.45, 7) is 0.859. The normalized spacial score (nSPS) is 13.4. The molecule has 3 rings (SSSR count). The molecule has 11 heteroatoms. The molecule has 0 radical (unpaired) electrons. The number of amides is 2. The lowest BCUT2D eigenvalue weighted by atomic mass is 9.98. The molecule has 2 aromatic rings. The van der Waals surface area contributed by atoms with Crippen LogP contribution in [0.1, 0.15) is 22.4 Å². The van der Waals surface area contributed by atoms with Crippen LogP contribution in [0.3, 0.4) is 0 Å². The van der Waals surface area contributed by atoms with Gasteiger partial charge in [0.1, 0.15) is 0 Å². The monoisotopic (exact) mass is 465 g/mol. The fraction of sp³-hybridized carbons (Fsp3) is 0.409. The number of anilines is 1. The van der Waals surface area contributed by atoms with Gasteiger partial charge in [-0.2, -0.15) is 13.2 Å². The Kier molecular flexibility index (Phi) is 7.75. The Morgan fingerprint density at radius 2 is 2.03 bits per heavy atom. The highest BCUT2D eigenvalue weighted by Gasteiger charge is 2.34. The van der Waals surface area contributed by atoms with E-state index < -0.39 is 17.8 Å². The average molecular weight is 465 g/mol. The molecule has 8 nitrogen and oxygen atoms in total. The van der Waals surface area contributed by atoms with E-state index in [2.05, 4.69) is 15.6 Å². The van der Waals surface area contributed by atoms with Gasteiger partial charge in [0.05, 0.1) is 24.3 Å². The minimum Gasteiger partial charge on any atom is -0.465 e. The second-order valence-corrected chi connectivity index (χ2v) is 7.67. The maximum Gasteiger partial charge on any atom is 0.418 e. The molecule has 178 valence electrons. The second kappa shape index (κ2) is 10.5. The van der Waals surface area contributed by atoms with Crippen LogP contribution in [0, 0.1) is 0 Å². The smallest absolute Gasteiger partial charge is 0.418 e. The molecule has 1 aromatic heterocycles. The largest absolute Gasteiger partial charge is 0.465 e. The first-order chi connectivity index (χ1) is 15.7. The number of alkyl halides is 3. The van der Waals surface area contributed by atoms with Crippen molar-refractivity contribution in [3.05, 3.63) is 58.9 Å². The van der Waals surface area contributed by atoms with Crippen LogP contribution in [-0.2, 0) is 30.5 Å². The first-order valence-electron chi connectivity index (χ1n) is 10.5. The summed E-state index contributed by atoms with van der Waals surface area (Å²) in [6.07, 6.45) is -3.76. The van der Waals surface area contributed by atoms with Crippen LogP contribution in [-0.4, -0.2) is 65.1 Å². The zero-order valence-electron chi connectivity index (χ0n) is 18.2. The SMILES string of the molecule is CNCCN(Cc1ncccc1C(F)(F)F)C(=O)CNc1cccc2c1CCN(C(=O)O)C2. The van der Waals surface area contributed by atoms with Gasteiger partial charge >= 0.3 is 12.3 Å². The fourth-order valence-electron chi connectivity index (χ4n) is 3.76. The molecule has 0 saturated heterocycles. The molecule has 0 unspecified atom stereocenters. The van der Waals surface area contributed by atoms with Crippen LogP contribution >= 0.6 is 0 Å². The number of carbonyl (C=O) groups excluding carboxylic acids is 1. The first kappa shape index (κ1) is 24.3. The highest BCUT2D eigenvalue weighted by Crippen LogP contribution is 2.31. The number of pyridine rings is 1. The lowest BCUT2D eigenvalue weighted by molar-refractivity contribution is -0.140. The van der Waals surface area contributed by atoms with E-state index in [1.54, 1.807) is 19.2 Å². The number of aromatic nitrogens is 1. The van der Waals surface area contributed by atoms with Gasteiger partial charge in [-0.1, -0.05) is 12.1 Å². The maximum absolute atomic E-state index is 13.4. The number of rotatable bonds is 8. The number of likely N-dealkylation sites (N-methyl/N-ethyl adjacent to an activating group) is 1. The van der Waals surface area contributed by atoms with Gasteiger partial charge in [-0.05, 0) is 42.8 Å². The third kappa shape index (κ3) is 6.13. The summed E-state index contributed by atoms with van der Waals surface area (Å²) in [4.78, 5) is 30.7. The molecule has 3 N–H and O–H groups in total. The van der Waals surface area contributed by atoms with E-state index in [1.807, 2.05) is 6.07 Å². The Morgan fingerprint density at radius 1 is 1.24 bits per heavy atom. The lowest BCUT2D eigenvalue weighted by Gasteiger charge is -2.28. The molecule has 1 aliphatic rings. The summed E-state index contributed by atoms with van der Waals surface area (Å²) >= 11 is 0. The summed E-state index contributed by atoms with van der Waals surface area (Å²) in [5, 5.41) is 15.2. The molecular weight excluding hydrogens is 439 g/mol. The van der Waals surface area contributed by atoms with E-state index in [9.17, 15) is 27.9 Å². The number of hydrogen-bond acceptors (Lipinski definition) is 5. The second-order valence-electron chi connectivity index (χ2n) is 7.67. The van der Waals surface area contributed by atoms with Crippen LogP contribution in [0.15, 0.2) is 36.5 Å². The standard InChI is InChI=1S/C22H26F3N5O3/c1-26-9-11-29(14-19-17(22(23,24)25)5-3-8-27-19)20(31)12-28-18-6-2-4-15-13-30(21(32)33)10-7-16(15)18/h2-6,8,26,28H,7,9-14H2,1H3,(H,32,33). The average Bonchev–Trinajstić information content (AvgIpc) is 2.79. The van der Waals surface area contributed by atoms with Crippen molar-refractivity contribution in [1.29, 1.82) is 0 Å². The van der Waals surface area contributed by atoms with Crippen molar-refractivity contribution in [3.63, 3.8) is 0 Å². The molecular formula is C22H26F3N5O3. The van der Waals surface area contributed by atoms with Gasteiger partial charge in [-0.15, -0.1) is 0 Å². The third-order valence-corrected chi connectivity index (χ3v) is 5.49. The van der Waals surface area contributed by atoms with Crippen molar-refractivity contribution >= 4 is 17.7 Å². The maximum atomic E-state index is 13.4. The fourth-order valence-corrected chi connectivity index (χ4v) is 3.76. The van der Waals surface area contributed by atoms with Crippen LogP contribution in [0.4, 0.5) is 23.7 Å². The van der Waals surface area contributed by atoms with Crippen molar-refractivity contribution in [2.24, 2.45) is 0 Å². The summed E-state index contributed by atoms with van der Waals surface area (Å²) < 4.78 is 40.1. The van der Waals surface area contributed by atoms with E-state index in [0.29, 0.717) is 25.2 Å². The van der Waals surface area contributed by atoms with E-state index in [0.717, 1.165) is 17.2 Å². The molecule has 2 heterocycles. The number of hydrogen-bond donors (Lipinski definition) is 3. The van der Waals surface area contributed by atoms with Crippen molar-refractivity contribution in [1.82, 2.24) is 20.1 Å². The summed E-state index contributed by atoms with van der Waals surface area (Å²) in [6, 6.07) is 7.60. The number of carbonyl (C=O) groups is 2. The van der Waals surface area contributed by atoms with Crippen molar-refractivity contribution in [2.75, 3.05) is 38.5 Å².